The molecular formula is C15H28N2O2. The summed E-state index contributed by atoms with van der Waals surface area (Å²) in [5.41, 5.74) is 0. The number of amides is 1. The number of nitrogens with one attached hydrogen (secondary N) is 1. The summed E-state index contributed by atoms with van der Waals surface area (Å²) < 4.78 is 5.91. The molecule has 1 heterocycles. The van der Waals surface area contributed by atoms with Gasteiger partial charge in [-0.25, -0.2) is 0 Å². The summed E-state index contributed by atoms with van der Waals surface area (Å²) in [6, 6.07) is 0.561. The van der Waals surface area contributed by atoms with E-state index in [1.54, 1.807) is 6.92 Å². The van der Waals surface area contributed by atoms with Gasteiger partial charge in [-0.15, -0.1) is 0 Å². The number of carbonyl (C=O) groups excluding carboxylic acids is 1. The Bertz CT molecular complexity index is 269. The summed E-state index contributed by atoms with van der Waals surface area (Å²) in [6.45, 7) is 5.23. The van der Waals surface area contributed by atoms with E-state index in [1.807, 2.05) is 4.90 Å². The molecule has 19 heavy (non-hydrogen) atoms. The lowest BCUT2D eigenvalue weighted by Gasteiger charge is -2.32. The highest BCUT2D eigenvalue weighted by atomic mass is 16.5. The first-order valence-corrected chi connectivity index (χ1v) is 7.86. The minimum Gasteiger partial charge on any atom is -0.377 e. The molecule has 1 saturated carbocycles. The van der Waals surface area contributed by atoms with Crippen LogP contribution in [0.15, 0.2) is 0 Å². The van der Waals surface area contributed by atoms with E-state index in [0.717, 1.165) is 39.1 Å². The summed E-state index contributed by atoms with van der Waals surface area (Å²) in [4.78, 5) is 13.2. The molecule has 2 fully saturated rings. The molecule has 0 aromatic rings. The minimum absolute atomic E-state index is 0.207. The molecule has 0 aromatic carbocycles. The molecule has 2 rings (SSSR count). The standard InChI is InChI=1S/C15H28N2O2/c1-13(18)17-10-7-14(8-11-17)16-9-12-19-15-5-3-2-4-6-15/h14-16H,2-12H2,1H3. The lowest BCUT2D eigenvalue weighted by atomic mass is 9.98. The average Bonchev–Trinajstić information content (AvgIpc) is 2.45. The monoisotopic (exact) mass is 268 g/mol. The number of ether oxygens (including phenoxy) is 1. The van der Waals surface area contributed by atoms with Crippen LogP contribution >= 0.6 is 0 Å². The van der Waals surface area contributed by atoms with Crippen molar-refractivity contribution in [3.63, 3.8) is 0 Å². The maximum absolute atomic E-state index is 11.2. The molecule has 0 atom stereocenters. The number of likely N-dealkylation sites (tertiary alicyclic amines) is 1. The van der Waals surface area contributed by atoms with Crippen LogP contribution in [-0.4, -0.2) is 49.2 Å². The highest BCUT2D eigenvalue weighted by Gasteiger charge is 2.20. The van der Waals surface area contributed by atoms with E-state index >= 15 is 0 Å². The van der Waals surface area contributed by atoms with Gasteiger partial charge in [-0.2, -0.15) is 0 Å². The largest absolute Gasteiger partial charge is 0.377 e. The molecule has 2 aliphatic rings. The molecule has 1 aliphatic carbocycles. The first-order chi connectivity index (χ1) is 9.25. The van der Waals surface area contributed by atoms with Gasteiger partial charge in [-0.05, 0) is 25.7 Å². The van der Waals surface area contributed by atoms with Crippen molar-refractivity contribution < 1.29 is 9.53 Å². The van der Waals surface area contributed by atoms with Gasteiger partial charge in [-0.3, -0.25) is 4.79 Å². The molecule has 1 amide bonds. The van der Waals surface area contributed by atoms with E-state index in [2.05, 4.69) is 5.32 Å². The van der Waals surface area contributed by atoms with E-state index in [9.17, 15) is 4.79 Å². The lowest BCUT2D eigenvalue weighted by molar-refractivity contribution is -0.129. The Morgan fingerprint density at radius 2 is 1.84 bits per heavy atom. The van der Waals surface area contributed by atoms with Crippen LogP contribution in [0.2, 0.25) is 0 Å². The van der Waals surface area contributed by atoms with Gasteiger partial charge < -0.3 is 15.0 Å². The second-order valence-corrected chi connectivity index (χ2v) is 5.87. The van der Waals surface area contributed by atoms with E-state index in [0.29, 0.717) is 12.1 Å². The number of hydrogen-bond acceptors (Lipinski definition) is 3. The van der Waals surface area contributed by atoms with Crippen LogP contribution in [0.3, 0.4) is 0 Å². The molecule has 110 valence electrons. The number of carbonyl (C=O) groups is 1. The predicted octanol–water partition coefficient (Wildman–Crippen LogP) is 1.94. The maximum Gasteiger partial charge on any atom is 0.219 e. The van der Waals surface area contributed by atoms with Crippen molar-refractivity contribution in [2.24, 2.45) is 0 Å². The van der Waals surface area contributed by atoms with Crippen molar-refractivity contribution in [1.29, 1.82) is 0 Å². The lowest BCUT2D eigenvalue weighted by Crippen LogP contribution is -2.45. The van der Waals surface area contributed by atoms with E-state index < -0.39 is 0 Å². The summed E-state index contributed by atoms with van der Waals surface area (Å²) in [5.74, 6) is 0.207. The van der Waals surface area contributed by atoms with Gasteiger partial charge in [0.25, 0.3) is 0 Å². The van der Waals surface area contributed by atoms with Gasteiger partial charge in [0, 0.05) is 32.6 Å². The van der Waals surface area contributed by atoms with E-state index in [1.165, 1.54) is 32.1 Å². The Kier molecular flexibility index (Phi) is 6.11. The Labute approximate surface area is 116 Å². The van der Waals surface area contributed by atoms with Gasteiger partial charge >= 0.3 is 0 Å². The topological polar surface area (TPSA) is 41.6 Å². The zero-order chi connectivity index (χ0) is 13.5. The first-order valence-electron chi connectivity index (χ1n) is 7.86. The first kappa shape index (κ1) is 14.8. The van der Waals surface area contributed by atoms with Crippen LogP contribution in [0.5, 0.6) is 0 Å². The fraction of sp³-hybridized carbons (Fsp3) is 0.933. The predicted molar refractivity (Wildman–Crippen MR) is 76.1 cm³/mol. The molecule has 0 unspecified atom stereocenters. The van der Waals surface area contributed by atoms with E-state index in [-0.39, 0.29) is 5.91 Å². The van der Waals surface area contributed by atoms with Gasteiger partial charge in [0.2, 0.25) is 5.91 Å². The third-order valence-corrected chi connectivity index (χ3v) is 4.38. The second kappa shape index (κ2) is 7.85. The number of nitrogens with zero attached hydrogens (tertiary/aromatic N) is 1. The number of rotatable bonds is 5. The molecule has 0 aromatic heterocycles. The van der Waals surface area contributed by atoms with Gasteiger partial charge in [0.05, 0.1) is 12.7 Å². The number of hydrogen-bond donors (Lipinski definition) is 1. The summed E-state index contributed by atoms with van der Waals surface area (Å²) in [6.07, 6.45) is 9.20. The van der Waals surface area contributed by atoms with Crippen LogP contribution in [0.1, 0.15) is 51.9 Å². The van der Waals surface area contributed by atoms with Crippen molar-refractivity contribution in [3.05, 3.63) is 0 Å². The summed E-state index contributed by atoms with van der Waals surface area (Å²) >= 11 is 0. The van der Waals surface area contributed by atoms with Crippen molar-refractivity contribution >= 4 is 5.91 Å². The van der Waals surface area contributed by atoms with Crippen molar-refractivity contribution in [3.8, 4) is 0 Å². The van der Waals surface area contributed by atoms with Crippen LogP contribution in [0, 0.1) is 0 Å². The quantitative estimate of drug-likeness (QED) is 0.775. The van der Waals surface area contributed by atoms with Crippen molar-refractivity contribution in [2.75, 3.05) is 26.2 Å². The van der Waals surface area contributed by atoms with Crippen molar-refractivity contribution in [2.45, 2.75) is 64.0 Å². The van der Waals surface area contributed by atoms with Crippen LogP contribution in [0.4, 0.5) is 0 Å². The fourth-order valence-corrected chi connectivity index (χ4v) is 3.12. The van der Waals surface area contributed by atoms with Crippen molar-refractivity contribution in [1.82, 2.24) is 10.2 Å². The maximum atomic E-state index is 11.2. The fourth-order valence-electron chi connectivity index (χ4n) is 3.12. The third kappa shape index (κ3) is 5.11. The zero-order valence-electron chi connectivity index (χ0n) is 12.2. The van der Waals surface area contributed by atoms with Crippen LogP contribution in [0.25, 0.3) is 0 Å². The van der Waals surface area contributed by atoms with Crippen LogP contribution < -0.4 is 5.32 Å². The highest BCUT2D eigenvalue weighted by Crippen LogP contribution is 2.20. The Morgan fingerprint density at radius 3 is 2.47 bits per heavy atom. The van der Waals surface area contributed by atoms with E-state index in [4.69, 9.17) is 4.74 Å². The summed E-state index contributed by atoms with van der Waals surface area (Å²) in [5, 5.41) is 3.56. The van der Waals surface area contributed by atoms with Crippen LogP contribution in [-0.2, 0) is 9.53 Å². The average molecular weight is 268 g/mol. The molecule has 1 N–H and O–H groups in total. The third-order valence-electron chi connectivity index (χ3n) is 4.38. The normalized spacial score (nSPS) is 22.7. The Hall–Kier alpha value is -0.610. The molecule has 4 heteroatoms. The molecule has 0 bridgehead atoms. The van der Waals surface area contributed by atoms with Gasteiger partial charge in [-0.1, -0.05) is 19.3 Å². The molecule has 1 saturated heterocycles. The molecule has 4 nitrogen and oxygen atoms in total. The SMILES string of the molecule is CC(=O)N1CCC(NCCOC2CCCCC2)CC1. The molecular weight excluding hydrogens is 240 g/mol. The Balaban J connectivity index is 1.51. The molecule has 0 spiro atoms. The highest BCUT2D eigenvalue weighted by molar-refractivity contribution is 5.73. The number of piperidine rings is 1. The Morgan fingerprint density at radius 1 is 1.16 bits per heavy atom. The van der Waals surface area contributed by atoms with Gasteiger partial charge in [0.15, 0.2) is 0 Å². The molecule has 1 aliphatic heterocycles. The zero-order valence-corrected chi connectivity index (χ0v) is 12.2. The molecule has 0 radical (unpaired) electrons. The van der Waals surface area contributed by atoms with Gasteiger partial charge in [0.1, 0.15) is 0 Å². The second-order valence-electron chi connectivity index (χ2n) is 5.87. The summed E-state index contributed by atoms with van der Waals surface area (Å²) in [7, 11) is 0. The minimum atomic E-state index is 0.207. The smallest absolute Gasteiger partial charge is 0.219 e.